The van der Waals surface area contributed by atoms with Gasteiger partial charge in [-0.1, -0.05) is 41.4 Å². The Balaban J connectivity index is 1.78. The van der Waals surface area contributed by atoms with Crippen molar-refractivity contribution < 1.29 is 9.90 Å². The molecule has 1 saturated carbocycles. The van der Waals surface area contributed by atoms with Crippen LogP contribution in [0.3, 0.4) is 0 Å². The highest BCUT2D eigenvalue weighted by atomic mass is 35.5. The standard InChI is InChI=1S/C20H19Cl2NO2/c21-12-3-6-14(18(22)9-12)15-7-8-16-17(10-23-20(16)25)19(15)11-1-4-13(24)5-2-11/h1-6,9,15-17,19,24H,7-8,10H2,(H,23,25)/t15-,16?,17+,19-/m0/s1. The number of nitrogens with one attached hydrogen (secondary N) is 1. The molecule has 2 aliphatic rings. The number of carbonyl (C=O) groups is 1. The van der Waals surface area contributed by atoms with E-state index in [0.717, 1.165) is 24.0 Å². The largest absolute Gasteiger partial charge is 0.508 e. The van der Waals surface area contributed by atoms with Crippen LogP contribution in [0.5, 0.6) is 5.75 Å². The smallest absolute Gasteiger partial charge is 0.223 e. The van der Waals surface area contributed by atoms with Crippen LogP contribution in [0, 0.1) is 11.8 Å². The van der Waals surface area contributed by atoms with Gasteiger partial charge in [0.2, 0.25) is 5.91 Å². The van der Waals surface area contributed by atoms with Crippen LogP contribution in [0.2, 0.25) is 10.0 Å². The second-order valence-electron chi connectivity index (χ2n) is 6.98. The van der Waals surface area contributed by atoms with E-state index in [2.05, 4.69) is 5.32 Å². The maximum Gasteiger partial charge on any atom is 0.223 e. The topological polar surface area (TPSA) is 49.3 Å². The third-order valence-corrected chi connectivity index (χ3v) is 6.25. The van der Waals surface area contributed by atoms with Crippen LogP contribution < -0.4 is 5.32 Å². The van der Waals surface area contributed by atoms with Gasteiger partial charge in [-0.3, -0.25) is 4.79 Å². The molecule has 0 spiro atoms. The van der Waals surface area contributed by atoms with E-state index in [4.69, 9.17) is 23.2 Å². The summed E-state index contributed by atoms with van der Waals surface area (Å²) in [6.07, 6.45) is 1.77. The fraction of sp³-hybridized carbons (Fsp3) is 0.350. The molecule has 4 rings (SSSR count). The quantitative estimate of drug-likeness (QED) is 0.797. The molecule has 0 aromatic heterocycles. The maximum absolute atomic E-state index is 12.2. The van der Waals surface area contributed by atoms with Gasteiger partial charge in [-0.05, 0) is 66.0 Å². The number of rotatable bonds is 2. The zero-order valence-electron chi connectivity index (χ0n) is 13.6. The van der Waals surface area contributed by atoms with Gasteiger partial charge in [-0.15, -0.1) is 0 Å². The van der Waals surface area contributed by atoms with Crippen LogP contribution in [-0.2, 0) is 4.79 Å². The molecular weight excluding hydrogens is 357 g/mol. The van der Waals surface area contributed by atoms with Crippen molar-refractivity contribution in [3.63, 3.8) is 0 Å². The summed E-state index contributed by atoms with van der Waals surface area (Å²) in [5.41, 5.74) is 2.22. The molecular formula is C20H19Cl2NO2. The maximum atomic E-state index is 12.2. The fourth-order valence-electron chi connectivity index (χ4n) is 4.57. The van der Waals surface area contributed by atoms with Gasteiger partial charge in [0.25, 0.3) is 0 Å². The molecule has 3 nitrogen and oxygen atoms in total. The molecule has 4 atom stereocenters. The predicted octanol–water partition coefficient (Wildman–Crippen LogP) is 4.72. The Morgan fingerprint density at radius 2 is 1.72 bits per heavy atom. The number of phenolic OH excluding ortho intramolecular Hbond substituents is 1. The van der Waals surface area contributed by atoms with Crippen LogP contribution in [0.4, 0.5) is 0 Å². The number of fused-ring (bicyclic) bond motifs is 1. The summed E-state index contributed by atoms with van der Waals surface area (Å²) in [4.78, 5) is 12.2. The van der Waals surface area contributed by atoms with Crippen molar-refractivity contribution >= 4 is 29.1 Å². The molecule has 2 aromatic rings. The number of aromatic hydroxyl groups is 1. The number of phenols is 1. The van der Waals surface area contributed by atoms with Gasteiger partial charge < -0.3 is 10.4 Å². The van der Waals surface area contributed by atoms with Crippen molar-refractivity contribution in [2.75, 3.05) is 6.54 Å². The second-order valence-corrected chi connectivity index (χ2v) is 7.83. The fourth-order valence-corrected chi connectivity index (χ4v) is 5.12. The van der Waals surface area contributed by atoms with Gasteiger partial charge in [0.05, 0.1) is 0 Å². The van der Waals surface area contributed by atoms with Crippen LogP contribution >= 0.6 is 23.2 Å². The summed E-state index contributed by atoms with van der Waals surface area (Å²) >= 11 is 12.6. The molecule has 2 aromatic carbocycles. The molecule has 1 amide bonds. The molecule has 1 heterocycles. The third kappa shape index (κ3) is 3.00. The number of halogens is 2. The molecule has 25 heavy (non-hydrogen) atoms. The second kappa shape index (κ2) is 6.54. The van der Waals surface area contributed by atoms with Crippen LogP contribution in [-0.4, -0.2) is 17.6 Å². The summed E-state index contributed by atoms with van der Waals surface area (Å²) < 4.78 is 0. The van der Waals surface area contributed by atoms with Crippen molar-refractivity contribution in [2.45, 2.75) is 24.7 Å². The van der Waals surface area contributed by atoms with Gasteiger partial charge in [-0.2, -0.15) is 0 Å². The van der Waals surface area contributed by atoms with Crippen LogP contribution in [0.15, 0.2) is 42.5 Å². The number of hydrogen-bond donors (Lipinski definition) is 2. The molecule has 0 radical (unpaired) electrons. The zero-order chi connectivity index (χ0) is 17.6. The molecule has 0 bridgehead atoms. The van der Waals surface area contributed by atoms with E-state index in [9.17, 15) is 9.90 Å². The Bertz CT molecular complexity index is 806. The average Bonchev–Trinajstić information content (AvgIpc) is 2.97. The van der Waals surface area contributed by atoms with Gasteiger partial charge in [0.1, 0.15) is 5.75 Å². The highest BCUT2D eigenvalue weighted by Gasteiger charge is 2.47. The van der Waals surface area contributed by atoms with Crippen molar-refractivity contribution in [2.24, 2.45) is 11.8 Å². The first-order chi connectivity index (χ1) is 12.0. The Labute approximate surface area is 157 Å². The van der Waals surface area contributed by atoms with Crippen molar-refractivity contribution in [3.05, 3.63) is 63.6 Å². The molecule has 1 saturated heterocycles. The number of amides is 1. The predicted molar refractivity (Wildman–Crippen MR) is 99.3 cm³/mol. The Morgan fingerprint density at radius 3 is 2.44 bits per heavy atom. The van der Waals surface area contributed by atoms with Crippen molar-refractivity contribution in [1.29, 1.82) is 0 Å². The first-order valence-electron chi connectivity index (χ1n) is 8.56. The highest BCUT2D eigenvalue weighted by Crippen LogP contribution is 2.52. The summed E-state index contributed by atoms with van der Waals surface area (Å²) in [5, 5.41) is 14.0. The minimum absolute atomic E-state index is 0.0566. The normalized spacial score (nSPS) is 28.5. The lowest BCUT2D eigenvalue weighted by molar-refractivity contribution is -0.123. The first kappa shape index (κ1) is 16.7. The molecule has 5 heteroatoms. The van der Waals surface area contributed by atoms with Gasteiger partial charge in [0.15, 0.2) is 0 Å². The van der Waals surface area contributed by atoms with E-state index in [0.29, 0.717) is 16.6 Å². The minimum Gasteiger partial charge on any atom is -0.508 e. The number of hydrogen-bond acceptors (Lipinski definition) is 2. The highest BCUT2D eigenvalue weighted by molar-refractivity contribution is 6.35. The van der Waals surface area contributed by atoms with Gasteiger partial charge in [-0.25, -0.2) is 0 Å². The summed E-state index contributed by atoms with van der Waals surface area (Å²) in [6, 6.07) is 13.0. The van der Waals surface area contributed by atoms with Crippen LogP contribution in [0.25, 0.3) is 0 Å². The monoisotopic (exact) mass is 375 g/mol. The summed E-state index contributed by atoms with van der Waals surface area (Å²) in [5.74, 6) is 1.11. The SMILES string of the molecule is O=C1NC[C@@H]2C1CC[C@@H](c1ccc(Cl)cc1Cl)[C@@H]2c1ccc(O)cc1. The van der Waals surface area contributed by atoms with E-state index >= 15 is 0 Å². The molecule has 2 N–H and O–H groups in total. The Kier molecular flexibility index (Phi) is 4.38. The summed E-state index contributed by atoms with van der Waals surface area (Å²) in [7, 11) is 0. The summed E-state index contributed by atoms with van der Waals surface area (Å²) in [6.45, 7) is 0.691. The Morgan fingerprint density at radius 1 is 1.00 bits per heavy atom. The average molecular weight is 376 g/mol. The lowest BCUT2D eigenvalue weighted by Crippen LogP contribution is -2.32. The molecule has 1 unspecified atom stereocenters. The number of carbonyl (C=O) groups excluding carboxylic acids is 1. The molecule has 1 aliphatic heterocycles. The van der Waals surface area contributed by atoms with E-state index in [1.54, 1.807) is 18.2 Å². The van der Waals surface area contributed by atoms with Gasteiger partial charge in [0, 0.05) is 22.5 Å². The molecule has 2 fully saturated rings. The number of benzene rings is 2. The Hall–Kier alpha value is -1.71. The van der Waals surface area contributed by atoms with E-state index in [1.807, 2.05) is 24.3 Å². The van der Waals surface area contributed by atoms with Crippen molar-refractivity contribution in [3.8, 4) is 5.75 Å². The van der Waals surface area contributed by atoms with Crippen molar-refractivity contribution in [1.82, 2.24) is 5.32 Å². The van der Waals surface area contributed by atoms with Gasteiger partial charge >= 0.3 is 0 Å². The lowest BCUT2D eigenvalue weighted by atomic mass is 9.63. The van der Waals surface area contributed by atoms with E-state index < -0.39 is 0 Å². The molecule has 1 aliphatic carbocycles. The zero-order valence-corrected chi connectivity index (χ0v) is 15.1. The van der Waals surface area contributed by atoms with E-state index in [-0.39, 0.29) is 35.3 Å². The minimum atomic E-state index is 0.0566. The third-order valence-electron chi connectivity index (χ3n) is 5.69. The lowest BCUT2D eigenvalue weighted by Gasteiger charge is -2.39. The van der Waals surface area contributed by atoms with E-state index in [1.165, 1.54) is 0 Å². The van der Waals surface area contributed by atoms with Crippen LogP contribution in [0.1, 0.15) is 35.8 Å². The molecule has 130 valence electrons. The first-order valence-corrected chi connectivity index (χ1v) is 9.32.